The van der Waals surface area contributed by atoms with Crippen LogP contribution in [0.25, 0.3) is 0 Å². The predicted octanol–water partition coefficient (Wildman–Crippen LogP) is -11.4. The molecule has 0 aromatic rings. The lowest BCUT2D eigenvalue weighted by molar-refractivity contribution is -0.849. The lowest BCUT2D eigenvalue weighted by atomic mass is 10.8. The first-order valence-electron chi connectivity index (χ1n) is 1.79. The maximum Gasteiger partial charge on any atom is 0.0675 e. The van der Waals surface area contributed by atoms with Gasteiger partial charge in [0.1, 0.15) is 0 Å². The van der Waals surface area contributed by atoms with Crippen LogP contribution in [0, 0.1) is 0 Å². The van der Waals surface area contributed by atoms with Gasteiger partial charge in [-0.05, 0) is 0 Å². The van der Waals surface area contributed by atoms with Crippen molar-refractivity contribution in [1.29, 1.82) is 0 Å². The number of nitrogens with zero attached hydrogens (tertiary/aromatic N) is 1. The number of quaternary nitrogens is 1. The largest absolute Gasteiger partial charge is 0.870 e. The Morgan fingerprint density at radius 3 is 0.300 bits per heavy atom. The minimum absolute atomic E-state index is 0. The zero-order chi connectivity index (χ0) is 4.50. The van der Waals surface area contributed by atoms with Crippen molar-refractivity contribution in [3.05, 3.63) is 0 Å². The molecule has 20 heavy (non-hydrogen) atoms. The van der Waals surface area contributed by atoms with Crippen LogP contribution in [0.2, 0.25) is 0 Å². The van der Waals surface area contributed by atoms with Gasteiger partial charge in [0.05, 0.1) is 28.2 Å². The van der Waals surface area contributed by atoms with Crippen molar-refractivity contribution in [2.75, 3.05) is 28.2 Å². The fraction of sp³-hybridized carbons (Fsp3) is 1.00. The molecule has 0 aromatic carbocycles. The molecule has 0 spiro atoms. The second-order valence-electron chi connectivity index (χ2n) is 2.68. The van der Waals surface area contributed by atoms with Crippen LogP contribution < -0.4 is 0 Å². The van der Waals surface area contributed by atoms with Crippen molar-refractivity contribution >= 4 is 0 Å². The van der Waals surface area contributed by atoms with Crippen LogP contribution in [-0.2, 0) is 0 Å². The van der Waals surface area contributed by atoms with Crippen molar-refractivity contribution in [3.8, 4) is 0 Å². The summed E-state index contributed by atoms with van der Waals surface area (Å²) in [6.07, 6.45) is 0. The Morgan fingerprint density at radius 2 is 0.300 bits per heavy atom. The molecule has 0 atom stereocenters. The fourth-order valence-corrected chi connectivity index (χ4v) is 0. The first kappa shape index (κ1) is 578. The third-order valence-corrected chi connectivity index (χ3v) is 0. The van der Waals surface area contributed by atoms with E-state index in [1.807, 2.05) is 0 Å². The molecule has 0 saturated carbocycles. The summed E-state index contributed by atoms with van der Waals surface area (Å²) in [6, 6.07) is 0. The molecule has 16 nitrogen and oxygen atoms in total. The molecular formula is C4H41NO15. The highest BCUT2D eigenvalue weighted by atomic mass is 16.0. The van der Waals surface area contributed by atoms with Gasteiger partial charge in [-0.25, -0.2) is 0 Å². The van der Waals surface area contributed by atoms with Crippen molar-refractivity contribution in [2.24, 2.45) is 0 Å². The number of hydrogen-bond donors (Lipinski definition) is 0. The van der Waals surface area contributed by atoms with Crippen LogP contribution in [0.3, 0.4) is 0 Å². The minimum atomic E-state index is 0. The minimum Gasteiger partial charge on any atom is -0.870 e. The zero-order valence-electron chi connectivity index (χ0n) is 11.9. The lowest BCUT2D eigenvalue weighted by Crippen LogP contribution is -2.27. The first-order valence-corrected chi connectivity index (χ1v) is 1.79. The van der Waals surface area contributed by atoms with Gasteiger partial charge in [-0.1, -0.05) is 0 Å². The van der Waals surface area contributed by atoms with E-state index < -0.39 is 0 Å². The van der Waals surface area contributed by atoms with Gasteiger partial charge in [0, 0.05) is 0 Å². The van der Waals surface area contributed by atoms with Gasteiger partial charge >= 0.3 is 0 Å². The zero-order valence-corrected chi connectivity index (χ0v) is 11.9. The molecule has 0 fully saturated rings. The molecule has 0 bridgehead atoms. The molecule has 0 aliphatic rings. The Kier molecular flexibility index (Phi) is 5570. The average molecular weight is 343 g/mol. The van der Waals surface area contributed by atoms with E-state index in [-0.39, 0.29) is 82.1 Å². The second kappa shape index (κ2) is 193. The van der Waals surface area contributed by atoms with Crippen LogP contribution in [0.4, 0.5) is 0 Å². The first-order chi connectivity index (χ1) is 2.00. The molecule has 0 radical (unpaired) electrons. The summed E-state index contributed by atoms with van der Waals surface area (Å²) >= 11 is 0. The van der Waals surface area contributed by atoms with Gasteiger partial charge in [0.2, 0.25) is 0 Å². The van der Waals surface area contributed by atoms with E-state index in [1.54, 1.807) is 0 Å². The highest BCUT2D eigenvalue weighted by molar-refractivity contribution is 3.87. The van der Waals surface area contributed by atoms with Crippen molar-refractivity contribution in [1.82, 2.24) is 0 Å². The van der Waals surface area contributed by atoms with E-state index in [4.69, 9.17) is 0 Å². The highest BCUT2D eigenvalue weighted by Crippen LogP contribution is 1.73. The molecule has 0 unspecified atom stereocenters. The van der Waals surface area contributed by atoms with Crippen LogP contribution >= 0.6 is 0 Å². The van der Waals surface area contributed by atoms with Gasteiger partial charge in [-0.3, -0.25) is 0 Å². The van der Waals surface area contributed by atoms with Gasteiger partial charge in [-0.2, -0.15) is 0 Å². The van der Waals surface area contributed by atoms with Crippen LogP contribution in [0.5, 0.6) is 0 Å². The Bertz CT molecular complexity index is 35.3. The average Bonchev–Trinajstić information content (AvgIpc) is 0.722. The van der Waals surface area contributed by atoms with Gasteiger partial charge < -0.3 is 86.6 Å². The van der Waals surface area contributed by atoms with Crippen LogP contribution in [0.15, 0.2) is 0 Å². The molecule has 0 rings (SSSR count). The summed E-state index contributed by atoms with van der Waals surface area (Å²) in [5, 5.41) is 0. The maximum absolute atomic E-state index is 2.12. The second-order valence-corrected chi connectivity index (χ2v) is 2.68. The molecule has 0 amide bonds. The molecule has 0 aliphatic heterocycles. The Hall–Kier alpha value is -0.640. The van der Waals surface area contributed by atoms with Crippen molar-refractivity contribution < 1.29 is 86.6 Å². The molecule has 0 heterocycles. The molecule has 16 heteroatoms. The molecule has 0 saturated heterocycles. The van der Waals surface area contributed by atoms with Crippen LogP contribution in [0.1, 0.15) is 0 Å². The molecule has 29 N–H and O–H groups in total. The normalized spacial score (nSPS) is 3.00. The van der Waals surface area contributed by atoms with Gasteiger partial charge in [-0.15, -0.1) is 0 Å². The summed E-state index contributed by atoms with van der Waals surface area (Å²) in [7, 11) is 8.50. The van der Waals surface area contributed by atoms with Gasteiger partial charge in [0.15, 0.2) is 0 Å². The van der Waals surface area contributed by atoms with E-state index in [9.17, 15) is 0 Å². The lowest BCUT2D eigenvalue weighted by Gasteiger charge is -2.14. The van der Waals surface area contributed by atoms with Gasteiger partial charge in [0.25, 0.3) is 0 Å². The van der Waals surface area contributed by atoms with E-state index in [1.165, 1.54) is 0 Å². The van der Waals surface area contributed by atoms with Crippen molar-refractivity contribution in [3.63, 3.8) is 0 Å². The third kappa shape index (κ3) is 11300. The molecule has 0 aliphatic carbocycles. The van der Waals surface area contributed by atoms with Crippen molar-refractivity contribution in [2.45, 2.75) is 0 Å². The molecular weight excluding hydrogens is 302 g/mol. The molecule has 0 aromatic heterocycles. The fourth-order valence-electron chi connectivity index (χ4n) is 0. The predicted molar refractivity (Wildman–Crippen MR) is 76.5 cm³/mol. The number of rotatable bonds is 0. The molecule has 152 valence electrons. The Balaban J connectivity index is -0.000000000762. The number of hydrogen-bond acceptors (Lipinski definition) is 1. The quantitative estimate of drug-likeness (QED) is 0.379. The SMILES string of the molecule is C[N+](C)(C)C.O.O.O.O.O.O.O.O.O.O.O.O.O.O.[OH-]. The van der Waals surface area contributed by atoms with E-state index in [0.29, 0.717) is 0 Å². The smallest absolute Gasteiger partial charge is 0.0675 e. The summed E-state index contributed by atoms with van der Waals surface area (Å²) in [4.78, 5) is 0. The van der Waals surface area contributed by atoms with Crippen LogP contribution in [-0.4, -0.2) is 115 Å². The standard InChI is InChI=1S/C4H12N.15H2O/c1-5(2,3)4;;;;;;;;;;;;;;;/h1-4H3;15*1H2/q+1;;;;;;;;;;;;;;;/p-1. The topological polar surface area (TPSA) is 471 Å². The monoisotopic (exact) mass is 343 g/mol. The Morgan fingerprint density at radius 1 is 0.300 bits per heavy atom. The summed E-state index contributed by atoms with van der Waals surface area (Å²) in [5.41, 5.74) is 0. The third-order valence-electron chi connectivity index (χ3n) is 0. The van der Waals surface area contributed by atoms with E-state index in [0.717, 1.165) is 4.48 Å². The summed E-state index contributed by atoms with van der Waals surface area (Å²) < 4.78 is 1.00. The maximum atomic E-state index is 2.12. The van der Waals surface area contributed by atoms with E-state index in [2.05, 4.69) is 28.2 Å². The summed E-state index contributed by atoms with van der Waals surface area (Å²) in [5.74, 6) is 0. The van der Waals surface area contributed by atoms with E-state index >= 15 is 0 Å². The highest BCUT2D eigenvalue weighted by Gasteiger charge is 1.88. The Labute approximate surface area is 116 Å². The summed E-state index contributed by atoms with van der Waals surface area (Å²) in [6.45, 7) is 0.